The molecule has 1 aromatic heterocycles. The van der Waals surface area contributed by atoms with Crippen molar-refractivity contribution in [1.82, 2.24) is 20.4 Å². The number of carbonyl (C=O) groups is 2. The Bertz CT molecular complexity index is 1180. The molecule has 3 aromatic rings. The summed E-state index contributed by atoms with van der Waals surface area (Å²) in [5, 5.41) is 11.2. The number of amides is 2. The van der Waals surface area contributed by atoms with Crippen LogP contribution in [-0.4, -0.2) is 47.3 Å². The third-order valence-electron chi connectivity index (χ3n) is 4.12. The first-order valence-electron chi connectivity index (χ1n) is 9.32. The molecule has 3 rings (SSSR count). The maximum Gasteiger partial charge on any atom is 0.269 e. The number of anilines is 1. The topological polar surface area (TPSA) is 102 Å². The Labute approximate surface area is 187 Å². The molecule has 2 aromatic carbocycles. The molecule has 8 nitrogen and oxygen atoms in total. The number of halogens is 3. The van der Waals surface area contributed by atoms with Crippen molar-refractivity contribution >= 4 is 41.3 Å². The first-order valence-corrected chi connectivity index (χ1v) is 9.70. The summed E-state index contributed by atoms with van der Waals surface area (Å²) in [4.78, 5) is 30.8. The fourth-order valence-electron chi connectivity index (χ4n) is 2.59. The Morgan fingerprint density at radius 1 is 1.16 bits per heavy atom. The molecule has 0 saturated carbocycles. The van der Waals surface area contributed by atoms with E-state index >= 15 is 0 Å². The van der Waals surface area contributed by atoms with Crippen LogP contribution in [0.5, 0.6) is 0 Å². The van der Waals surface area contributed by atoms with Crippen LogP contribution in [0.25, 0.3) is 0 Å². The molecule has 0 unspecified atom stereocenters. The molecule has 32 heavy (non-hydrogen) atoms. The van der Waals surface area contributed by atoms with Crippen LogP contribution in [0, 0.1) is 11.6 Å². The van der Waals surface area contributed by atoms with Gasteiger partial charge in [-0.2, -0.15) is 5.10 Å². The van der Waals surface area contributed by atoms with Gasteiger partial charge in [-0.25, -0.2) is 13.8 Å². The van der Waals surface area contributed by atoms with Gasteiger partial charge in [-0.05, 0) is 29.8 Å². The molecule has 0 radical (unpaired) electrons. The zero-order valence-electron chi connectivity index (χ0n) is 17.1. The van der Waals surface area contributed by atoms with E-state index in [1.165, 1.54) is 6.07 Å². The predicted octanol–water partition coefficient (Wildman–Crippen LogP) is 3.75. The number of H-pyrrole nitrogens is 1. The van der Waals surface area contributed by atoms with Gasteiger partial charge in [0.15, 0.2) is 17.5 Å². The normalized spacial score (nSPS) is 10.9. The van der Waals surface area contributed by atoms with Crippen LogP contribution in [0.1, 0.15) is 26.4 Å². The maximum absolute atomic E-state index is 13.4. The number of nitrogens with one attached hydrogen (secondary N) is 3. The summed E-state index contributed by atoms with van der Waals surface area (Å²) in [6.07, 6.45) is 1.67. The Hall–Kier alpha value is -3.79. The van der Waals surface area contributed by atoms with Crippen molar-refractivity contribution in [2.75, 3.05) is 19.4 Å². The van der Waals surface area contributed by atoms with Crippen LogP contribution >= 0.6 is 11.6 Å². The zero-order valence-corrected chi connectivity index (χ0v) is 17.9. The van der Waals surface area contributed by atoms with E-state index in [0.717, 1.165) is 11.3 Å². The summed E-state index contributed by atoms with van der Waals surface area (Å²) >= 11 is 5.79. The average Bonchev–Trinajstić information content (AvgIpc) is 3.22. The monoisotopic (exact) mass is 460 g/mol. The fourth-order valence-corrected chi connectivity index (χ4v) is 2.82. The number of hydrogen-bond donors (Lipinski definition) is 3. The second-order valence-corrected chi connectivity index (χ2v) is 7.34. The van der Waals surface area contributed by atoms with Gasteiger partial charge in [-0.1, -0.05) is 23.7 Å². The largest absolute Gasteiger partial charge is 0.369 e. The Balaban J connectivity index is 1.61. The van der Waals surface area contributed by atoms with Gasteiger partial charge >= 0.3 is 0 Å². The molecule has 0 aliphatic rings. The minimum Gasteiger partial charge on any atom is -0.369 e. The highest BCUT2D eigenvalue weighted by Gasteiger charge is 2.17. The number of nitrogens with zero attached hydrogens (tertiary/aromatic N) is 3. The van der Waals surface area contributed by atoms with Crippen LogP contribution in [0.3, 0.4) is 0 Å². The average molecular weight is 461 g/mol. The van der Waals surface area contributed by atoms with Gasteiger partial charge in [0.25, 0.3) is 11.8 Å². The molecule has 0 bridgehead atoms. The van der Waals surface area contributed by atoms with Crippen molar-refractivity contribution in [1.29, 1.82) is 0 Å². The summed E-state index contributed by atoms with van der Waals surface area (Å²) in [7, 11) is 3.72. The first kappa shape index (κ1) is 22.9. The molecular formula is C21H19ClF2N6O2. The van der Waals surface area contributed by atoms with Crippen LogP contribution in [0.2, 0.25) is 5.02 Å². The van der Waals surface area contributed by atoms with Crippen molar-refractivity contribution in [2.24, 2.45) is 4.99 Å². The van der Waals surface area contributed by atoms with Crippen molar-refractivity contribution in [3.8, 4) is 0 Å². The van der Waals surface area contributed by atoms with Crippen molar-refractivity contribution < 1.29 is 18.4 Å². The Morgan fingerprint density at radius 2 is 1.91 bits per heavy atom. The van der Waals surface area contributed by atoms with Crippen molar-refractivity contribution in [3.63, 3.8) is 0 Å². The van der Waals surface area contributed by atoms with E-state index in [0.29, 0.717) is 12.1 Å². The molecule has 0 spiro atoms. The fraction of sp³-hybridized carbons (Fsp3) is 0.143. The lowest BCUT2D eigenvalue weighted by Crippen LogP contribution is -2.23. The van der Waals surface area contributed by atoms with Crippen molar-refractivity contribution in [3.05, 3.63) is 75.9 Å². The number of rotatable bonds is 7. The zero-order chi connectivity index (χ0) is 23.3. The molecule has 0 saturated heterocycles. The Morgan fingerprint density at radius 3 is 2.66 bits per heavy atom. The van der Waals surface area contributed by atoms with E-state index in [2.05, 4.69) is 25.8 Å². The van der Waals surface area contributed by atoms with E-state index in [1.54, 1.807) is 6.34 Å². The minimum atomic E-state index is -1.21. The molecule has 0 fully saturated rings. The van der Waals surface area contributed by atoms with Gasteiger partial charge in [0.05, 0.1) is 22.6 Å². The van der Waals surface area contributed by atoms with Crippen molar-refractivity contribution in [2.45, 2.75) is 6.54 Å². The van der Waals surface area contributed by atoms with Gasteiger partial charge in [0, 0.05) is 26.7 Å². The molecule has 11 heteroatoms. The number of aromatic nitrogens is 2. The summed E-state index contributed by atoms with van der Waals surface area (Å²) < 4.78 is 26.6. The summed E-state index contributed by atoms with van der Waals surface area (Å²) in [6.45, 7) is 0.245. The van der Waals surface area contributed by atoms with E-state index in [4.69, 9.17) is 11.6 Å². The SMILES string of the molecule is CN(C)C=Nc1cccc(CNC(=O)c2cc(NC(=O)c3cc(F)c(F)cc3Cl)n[nH]2)c1. The summed E-state index contributed by atoms with van der Waals surface area (Å²) in [5.41, 5.74) is 1.41. The molecule has 0 aliphatic heterocycles. The molecule has 166 valence electrons. The molecule has 0 aliphatic carbocycles. The van der Waals surface area contributed by atoms with Gasteiger partial charge in [0.2, 0.25) is 0 Å². The summed E-state index contributed by atoms with van der Waals surface area (Å²) in [6, 6.07) is 10.0. The third-order valence-corrected chi connectivity index (χ3v) is 4.43. The molecule has 1 heterocycles. The molecular weight excluding hydrogens is 442 g/mol. The van der Waals surface area contributed by atoms with E-state index < -0.39 is 23.4 Å². The molecule has 2 amide bonds. The van der Waals surface area contributed by atoms with E-state index in [9.17, 15) is 18.4 Å². The number of carbonyl (C=O) groups excluding carboxylic acids is 2. The number of hydrogen-bond acceptors (Lipinski definition) is 4. The van der Waals surface area contributed by atoms with Crippen LogP contribution < -0.4 is 10.6 Å². The van der Waals surface area contributed by atoms with E-state index in [1.807, 2.05) is 43.3 Å². The lowest BCUT2D eigenvalue weighted by atomic mass is 10.2. The Kier molecular flexibility index (Phi) is 7.16. The van der Waals surface area contributed by atoms with Gasteiger partial charge < -0.3 is 15.5 Å². The third kappa shape index (κ3) is 5.88. The maximum atomic E-state index is 13.4. The highest BCUT2D eigenvalue weighted by molar-refractivity contribution is 6.34. The second-order valence-electron chi connectivity index (χ2n) is 6.93. The summed E-state index contributed by atoms with van der Waals surface area (Å²) in [5.74, 6) is -3.62. The van der Waals surface area contributed by atoms with E-state index in [-0.39, 0.29) is 28.6 Å². The van der Waals surface area contributed by atoms with Crippen LogP contribution in [0.15, 0.2) is 47.5 Å². The second kappa shape index (κ2) is 10.0. The predicted molar refractivity (Wildman–Crippen MR) is 117 cm³/mol. The highest BCUT2D eigenvalue weighted by Crippen LogP contribution is 2.21. The smallest absolute Gasteiger partial charge is 0.269 e. The number of aliphatic imine (C=N–C) groups is 1. The molecule has 0 atom stereocenters. The van der Waals surface area contributed by atoms with Gasteiger partial charge in [-0.15, -0.1) is 0 Å². The minimum absolute atomic E-state index is 0.0148. The standard InChI is InChI=1S/C21H19ClF2N6O2/c1-30(2)11-26-13-5-3-4-12(6-13)10-25-21(32)18-9-19(29-28-18)27-20(31)14-7-16(23)17(24)8-15(14)22/h3-9,11H,10H2,1-2H3,(H,25,32)(H2,27,28,29,31). The number of benzene rings is 2. The van der Waals surface area contributed by atoms with Crippen LogP contribution in [-0.2, 0) is 6.54 Å². The quantitative estimate of drug-likeness (QED) is 0.284. The van der Waals surface area contributed by atoms with Crippen LogP contribution in [0.4, 0.5) is 20.3 Å². The molecule has 3 N–H and O–H groups in total. The lowest BCUT2D eigenvalue weighted by molar-refractivity contribution is 0.0945. The van der Waals surface area contributed by atoms with Gasteiger partial charge in [-0.3, -0.25) is 14.7 Å². The highest BCUT2D eigenvalue weighted by atomic mass is 35.5. The number of aromatic amines is 1. The first-order chi connectivity index (χ1) is 15.2. The van der Waals surface area contributed by atoms with Gasteiger partial charge in [0.1, 0.15) is 5.69 Å². The lowest BCUT2D eigenvalue weighted by Gasteiger charge is -2.06.